The zero-order valence-electron chi connectivity index (χ0n) is 14.2. The Morgan fingerprint density at radius 3 is 2.12 bits per heavy atom. The maximum Gasteiger partial charge on any atom is 0.335 e. The SMILES string of the molecule is CCOCCCOC(C)c1ccc(-c2ccc(C(=O)O)cc2)cc1. The van der Waals surface area contributed by atoms with E-state index in [1.54, 1.807) is 12.1 Å². The molecule has 24 heavy (non-hydrogen) atoms. The van der Waals surface area contributed by atoms with Crippen LogP contribution in [0.15, 0.2) is 48.5 Å². The summed E-state index contributed by atoms with van der Waals surface area (Å²) in [5.74, 6) is -0.910. The highest BCUT2D eigenvalue weighted by Crippen LogP contribution is 2.24. The zero-order chi connectivity index (χ0) is 17.4. The van der Waals surface area contributed by atoms with Gasteiger partial charge in [0, 0.05) is 19.8 Å². The molecule has 0 spiro atoms. The molecule has 2 rings (SSSR count). The van der Waals surface area contributed by atoms with Crippen LogP contribution in [0.2, 0.25) is 0 Å². The summed E-state index contributed by atoms with van der Waals surface area (Å²) in [6.07, 6.45) is 0.932. The summed E-state index contributed by atoms with van der Waals surface area (Å²) < 4.78 is 11.1. The predicted octanol–water partition coefficient (Wildman–Crippen LogP) is 4.56. The van der Waals surface area contributed by atoms with Gasteiger partial charge in [-0.3, -0.25) is 0 Å². The molecular formula is C20H24O4. The highest BCUT2D eigenvalue weighted by atomic mass is 16.5. The molecule has 1 N–H and O–H groups in total. The van der Waals surface area contributed by atoms with E-state index < -0.39 is 5.97 Å². The fraction of sp³-hybridized carbons (Fsp3) is 0.350. The van der Waals surface area contributed by atoms with E-state index in [1.807, 2.05) is 50.2 Å². The monoisotopic (exact) mass is 328 g/mol. The minimum atomic E-state index is -0.910. The van der Waals surface area contributed by atoms with Crippen molar-refractivity contribution in [3.8, 4) is 11.1 Å². The molecule has 0 heterocycles. The fourth-order valence-electron chi connectivity index (χ4n) is 2.41. The number of ether oxygens (including phenoxy) is 2. The van der Waals surface area contributed by atoms with Gasteiger partial charge in [-0.15, -0.1) is 0 Å². The van der Waals surface area contributed by atoms with Crippen molar-refractivity contribution in [2.75, 3.05) is 19.8 Å². The van der Waals surface area contributed by atoms with Crippen molar-refractivity contribution >= 4 is 5.97 Å². The van der Waals surface area contributed by atoms with Gasteiger partial charge in [0.05, 0.1) is 11.7 Å². The lowest BCUT2D eigenvalue weighted by atomic mass is 10.0. The third-order valence-electron chi connectivity index (χ3n) is 3.85. The molecule has 128 valence electrons. The molecule has 0 fully saturated rings. The van der Waals surface area contributed by atoms with Gasteiger partial charge in [0.2, 0.25) is 0 Å². The highest BCUT2D eigenvalue weighted by molar-refractivity contribution is 5.88. The zero-order valence-corrected chi connectivity index (χ0v) is 14.2. The first kappa shape index (κ1) is 18.2. The topological polar surface area (TPSA) is 55.8 Å². The third kappa shape index (κ3) is 5.18. The molecule has 2 aromatic carbocycles. The summed E-state index contributed by atoms with van der Waals surface area (Å²) in [7, 11) is 0. The normalized spacial score (nSPS) is 12.1. The molecule has 0 bridgehead atoms. The Labute approximate surface area is 143 Å². The van der Waals surface area contributed by atoms with Crippen molar-refractivity contribution in [1.82, 2.24) is 0 Å². The van der Waals surface area contributed by atoms with E-state index in [0.29, 0.717) is 12.2 Å². The minimum absolute atomic E-state index is 0.0371. The van der Waals surface area contributed by atoms with E-state index in [-0.39, 0.29) is 6.10 Å². The molecule has 0 radical (unpaired) electrons. The van der Waals surface area contributed by atoms with Crippen molar-refractivity contribution in [3.63, 3.8) is 0 Å². The van der Waals surface area contributed by atoms with Crippen LogP contribution in [0.4, 0.5) is 0 Å². The highest BCUT2D eigenvalue weighted by Gasteiger charge is 2.07. The first-order valence-corrected chi connectivity index (χ1v) is 8.25. The van der Waals surface area contributed by atoms with Crippen LogP contribution in [0.25, 0.3) is 11.1 Å². The van der Waals surface area contributed by atoms with Crippen molar-refractivity contribution in [2.24, 2.45) is 0 Å². The summed E-state index contributed by atoms with van der Waals surface area (Å²) >= 11 is 0. The average molecular weight is 328 g/mol. The molecule has 0 aliphatic rings. The Balaban J connectivity index is 1.93. The second-order valence-electron chi connectivity index (χ2n) is 5.57. The lowest BCUT2D eigenvalue weighted by molar-refractivity contribution is 0.0440. The Hall–Kier alpha value is -2.17. The van der Waals surface area contributed by atoms with E-state index >= 15 is 0 Å². The van der Waals surface area contributed by atoms with Crippen molar-refractivity contribution in [1.29, 1.82) is 0 Å². The standard InChI is InChI=1S/C20H24O4/c1-3-23-13-4-14-24-15(2)16-5-7-17(8-6-16)18-9-11-19(12-10-18)20(21)22/h5-12,15H,3-4,13-14H2,1-2H3,(H,21,22). The third-order valence-corrected chi connectivity index (χ3v) is 3.85. The molecule has 4 heteroatoms. The van der Waals surface area contributed by atoms with Crippen molar-refractivity contribution in [3.05, 3.63) is 59.7 Å². The molecule has 0 aliphatic carbocycles. The lowest BCUT2D eigenvalue weighted by Gasteiger charge is -2.14. The number of hydrogen-bond donors (Lipinski definition) is 1. The van der Waals surface area contributed by atoms with E-state index in [2.05, 4.69) is 0 Å². The summed E-state index contributed by atoms with van der Waals surface area (Å²) in [5, 5.41) is 8.94. The predicted molar refractivity (Wildman–Crippen MR) is 94.3 cm³/mol. The smallest absolute Gasteiger partial charge is 0.335 e. The molecule has 0 amide bonds. The Morgan fingerprint density at radius 1 is 1.00 bits per heavy atom. The summed E-state index contributed by atoms with van der Waals surface area (Å²) in [6, 6.07) is 15.1. The number of aromatic carboxylic acids is 1. The second kappa shape index (κ2) is 9.21. The van der Waals surface area contributed by atoms with Gasteiger partial charge in [-0.2, -0.15) is 0 Å². The second-order valence-corrected chi connectivity index (χ2v) is 5.57. The fourth-order valence-corrected chi connectivity index (χ4v) is 2.41. The van der Waals surface area contributed by atoms with Crippen LogP contribution < -0.4 is 0 Å². The van der Waals surface area contributed by atoms with Gasteiger partial charge in [0.15, 0.2) is 0 Å². The first-order valence-electron chi connectivity index (χ1n) is 8.25. The number of rotatable bonds is 9. The van der Waals surface area contributed by atoms with Crippen LogP contribution in [-0.2, 0) is 9.47 Å². The van der Waals surface area contributed by atoms with Crippen LogP contribution in [0.3, 0.4) is 0 Å². The van der Waals surface area contributed by atoms with Gasteiger partial charge >= 0.3 is 5.97 Å². The van der Waals surface area contributed by atoms with Gasteiger partial charge in [0.25, 0.3) is 0 Å². The van der Waals surface area contributed by atoms with Gasteiger partial charge in [-0.05, 0) is 49.1 Å². The van der Waals surface area contributed by atoms with E-state index in [1.165, 1.54) is 0 Å². The van der Waals surface area contributed by atoms with Gasteiger partial charge in [-0.25, -0.2) is 4.79 Å². The number of carboxylic acids is 1. The summed E-state index contributed by atoms with van der Waals surface area (Å²) in [5.41, 5.74) is 3.47. The Bertz CT molecular complexity index is 632. The van der Waals surface area contributed by atoms with Crippen LogP contribution in [0.1, 0.15) is 42.3 Å². The Morgan fingerprint density at radius 2 is 1.58 bits per heavy atom. The van der Waals surface area contributed by atoms with Gasteiger partial charge in [-0.1, -0.05) is 36.4 Å². The molecule has 0 saturated heterocycles. The summed E-state index contributed by atoms with van der Waals surface area (Å²) in [4.78, 5) is 10.9. The number of carbonyl (C=O) groups is 1. The molecule has 1 unspecified atom stereocenters. The van der Waals surface area contributed by atoms with Gasteiger partial charge < -0.3 is 14.6 Å². The number of hydrogen-bond acceptors (Lipinski definition) is 3. The molecular weight excluding hydrogens is 304 g/mol. The van der Waals surface area contributed by atoms with E-state index in [0.717, 1.165) is 36.3 Å². The Kier molecular flexibility index (Phi) is 6.97. The maximum absolute atomic E-state index is 10.9. The van der Waals surface area contributed by atoms with Crippen LogP contribution in [-0.4, -0.2) is 30.9 Å². The van der Waals surface area contributed by atoms with Crippen molar-refractivity contribution < 1.29 is 19.4 Å². The van der Waals surface area contributed by atoms with Crippen LogP contribution in [0, 0.1) is 0 Å². The minimum Gasteiger partial charge on any atom is -0.478 e. The first-order chi connectivity index (χ1) is 11.6. The van der Waals surface area contributed by atoms with E-state index in [4.69, 9.17) is 14.6 Å². The van der Waals surface area contributed by atoms with Crippen molar-refractivity contribution in [2.45, 2.75) is 26.4 Å². The number of carboxylic acid groups (broad SMARTS) is 1. The van der Waals surface area contributed by atoms with Crippen LogP contribution in [0.5, 0.6) is 0 Å². The number of benzene rings is 2. The summed E-state index contributed by atoms with van der Waals surface area (Å²) in [6.45, 7) is 6.18. The molecule has 0 aliphatic heterocycles. The quantitative estimate of drug-likeness (QED) is 0.686. The largest absolute Gasteiger partial charge is 0.478 e. The molecule has 4 nitrogen and oxygen atoms in total. The maximum atomic E-state index is 10.9. The van der Waals surface area contributed by atoms with Gasteiger partial charge in [0.1, 0.15) is 0 Å². The molecule has 2 aromatic rings. The van der Waals surface area contributed by atoms with E-state index in [9.17, 15) is 4.79 Å². The average Bonchev–Trinajstić information content (AvgIpc) is 2.61. The molecule has 0 aromatic heterocycles. The molecule has 1 atom stereocenters. The van der Waals surface area contributed by atoms with Crippen LogP contribution >= 0.6 is 0 Å². The lowest BCUT2D eigenvalue weighted by Crippen LogP contribution is -2.04. The molecule has 0 saturated carbocycles.